The zero-order chi connectivity index (χ0) is 13.4. The van der Waals surface area contributed by atoms with Crippen LogP contribution in [0.4, 0.5) is 11.4 Å². The van der Waals surface area contributed by atoms with Gasteiger partial charge < -0.3 is 5.73 Å². The molecule has 19 heavy (non-hydrogen) atoms. The molecule has 0 atom stereocenters. The van der Waals surface area contributed by atoms with Gasteiger partial charge in [0.05, 0.1) is 24.0 Å². The van der Waals surface area contributed by atoms with Crippen molar-refractivity contribution in [2.24, 2.45) is 12.1 Å². The maximum absolute atomic E-state index is 12.0. The number of hydrazone groups is 1. The van der Waals surface area contributed by atoms with E-state index < -0.39 is 0 Å². The molecule has 6 nitrogen and oxygen atoms in total. The van der Waals surface area contributed by atoms with Crippen molar-refractivity contribution in [1.29, 1.82) is 0 Å². The third-order valence-corrected chi connectivity index (χ3v) is 2.95. The highest BCUT2D eigenvalue weighted by Crippen LogP contribution is 2.23. The number of nitrogens with two attached hydrogens (primary N) is 1. The molecule has 2 aromatic rings. The van der Waals surface area contributed by atoms with E-state index >= 15 is 0 Å². The fourth-order valence-electron chi connectivity index (χ4n) is 1.98. The molecule has 0 radical (unpaired) electrons. The second kappa shape index (κ2) is 4.24. The minimum atomic E-state index is -0.0522. The third-order valence-electron chi connectivity index (χ3n) is 2.95. The quantitative estimate of drug-likeness (QED) is 0.817. The maximum atomic E-state index is 12.0. The summed E-state index contributed by atoms with van der Waals surface area (Å²) in [5.74, 6) is -0.0522. The lowest BCUT2D eigenvalue weighted by atomic mass is 10.1. The summed E-state index contributed by atoms with van der Waals surface area (Å²) in [6, 6.07) is 7.06. The van der Waals surface area contributed by atoms with E-state index in [-0.39, 0.29) is 12.3 Å². The van der Waals surface area contributed by atoms with E-state index in [0.29, 0.717) is 5.69 Å². The Bertz CT molecular complexity index is 656. The monoisotopic (exact) mass is 255 g/mol. The lowest BCUT2D eigenvalue weighted by molar-refractivity contribution is -0.116. The van der Waals surface area contributed by atoms with Gasteiger partial charge >= 0.3 is 0 Å². The summed E-state index contributed by atoms with van der Waals surface area (Å²) in [6.07, 6.45) is 3.84. The fourth-order valence-corrected chi connectivity index (χ4v) is 1.98. The number of nitrogen functional groups attached to an aromatic ring is 1. The van der Waals surface area contributed by atoms with E-state index in [2.05, 4.69) is 10.2 Å². The van der Waals surface area contributed by atoms with Crippen LogP contribution in [-0.4, -0.2) is 21.4 Å². The van der Waals surface area contributed by atoms with Crippen LogP contribution in [0.25, 0.3) is 0 Å². The molecule has 0 fully saturated rings. The van der Waals surface area contributed by atoms with E-state index in [1.807, 2.05) is 13.2 Å². The van der Waals surface area contributed by atoms with Gasteiger partial charge in [0.25, 0.3) is 5.91 Å². The van der Waals surface area contributed by atoms with Crippen LogP contribution in [0, 0.1) is 0 Å². The number of hydrogen-bond donors (Lipinski definition) is 1. The average molecular weight is 255 g/mol. The Morgan fingerprint density at radius 1 is 1.26 bits per heavy atom. The number of aryl methyl sites for hydroxylation is 1. The molecule has 0 spiro atoms. The Kier molecular flexibility index (Phi) is 2.56. The predicted octanol–water partition coefficient (Wildman–Crippen LogP) is 1.14. The Morgan fingerprint density at radius 2 is 2.00 bits per heavy atom. The summed E-state index contributed by atoms with van der Waals surface area (Å²) in [5, 5.41) is 9.85. The minimum absolute atomic E-state index is 0.0522. The van der Waals surface area contributed by atoms with Crippen LogP contribution >= 0.6 is 0 Å². The summed E-state index contributed by atoms with van der Waals surface area (Å²) < 4.78 is 1.69. The summed E-state index contributed by atoms with van der Waals surface area (Å²) in [6.45, 7) is 0. The van der Waals surface area contributed by atoms with Gasteiger partial charge in [0, 0.05) is 24.5 Å². The van der Waals surface area contributed by atoms with Crippen molar-refractivity contribution in [3.63, 3.8) is 0 Å². The molecule has 0 bridgehead atoms. The number of aromatic nitrogens is 2. The van der Waals surface area contributed by atoms with Crippen molar-refractivity contribution in [3.8, 4) is 0 Å². The van der Waals surface area contributed by atoms with Gasteiger partial charge in [-0.25, -0.2) is 5.01 Å². The second-order valence-corrected chi connectivity index (χ2v) is 4.42. The molecule has 1 aliphatic heterocycles. The summed E-state index contributed by atoms with van der Waals surface area (Å²) in [7, 11) is 1.83. The summed E-state index contributed by atoms with van der Waals surface area (Å²) in [4.78, 5) is 12.0. The summed E-state index contributed by atoms with van der Waals surface area (Å²) in [5.41, 5.74) is 8.61. The highest BCUT2D eigenvalue weighted by atomic mass is 16.2. The number of hydrogen-bond acceptors (Lipinski definition) is 4. The first-order chi connectivity index (χ1) is 9.13. The van der Waals surface area contributed by atoms with Crippen LogP contribution in [0.1, 0.15) is 12.0 Å². The van der Waals surface area contributed by atoms with Crippen molar-refractivity contribution in [2.75, 3.05) is 10.7 Å². The molecule has 0 saturated carbocycles. The number of carbonyl (C=O) groups excluding carboxylic acids is 1. The van der Waals surface area contributed by atoms with Gasteiger partial charge in [-0.15, -0.1) is 0 Å². The largest absolute Gasteiger partial charge is 0.399 e. The average Bonchev–Trinajstić information content (AvgIpc) is 2.97. The SMILES string of the molecule is Cn1cc(C2=NN(c3ccc(N)cc3)C(=O)C2)cn1. The lowest BCUT2D eigenvalue weighted by Crippen LogP contribution is -2.19. The highest BCUT2D eigenvalue weighted by molar-refractivity contribution is 6.19. The number of benzene rings is 1. The fraction of sp³-hybridized carbons (Fsp3) is 0.154. The van der Waals surface area contributed by atoms with Crippen molar-refractivity contribution in [3.05, 3.63) is 42.2 Å². The molecular formula is C13H13N5O. The van der Waals surface area contributed by atoms with Gasteiger partial charge in [0.2, 0.25) is 0 Å². The molecule has 3 rings (SSSR count). The number of nitrogens with zero attached hydrogens (tertiary/aromatic N) is 4. The van der Waals surface area contributed by atoms with Crippen LogP contribution in [0.5, 0.6) is 0 Å². The van der Waals surface area contributed by atoms with E-state index in [0.717, 1.165) is 17.0 Å². The van der Waals surface area contributed by atoms with Gasteiger partial charge in [-0.2, -0.15) is 10.2 Å². The third kappa shape index (κ3) is 2.08. The molecule has 2 heterocycles. The van der Waals surface area contributed by atoms with E-state index in [9.17, 15) is 4.79 Å². The Balaban J connectivity index is 1.93. The Labute approximate surface area is 110 Å². The molecule has 96 valence electrons. The molecule has 0 saturated heterocycles. The number of rotatable bonds is 2. The van der Waals surface area contributed by atoms with Gasteiger partial charge in [-0.1, -0.05) is 0 Å². The molecule has 0 aliphatic carbocycles. The topological polar surface area (TPSA) is 76.5 Å². The molecule has 6 heteroatoms. The molecule has 0 unspecified atom stereocenters. The zero-order valence-electron chi connectivity index (χ0n) is 10.4. The van der Waals surface area contributed by atoms with E-state index in [1.165, 1.54) is 5.01 Å². The molecule has 2 N–H and O–H groups in total. The van der Waals surface area contributed by atoms with Crippen molar-refractivity contribution in [1.82, 2.24) is 9.78 Å². The molecule has 1 amide bonds. The van der Waals surface area contributed by atoms with Crippen LogP contribution in [0.2, 0.25) is 0 Å². The minimum Gasteiger partial charge on any atom is -0.399 e. The normalized spacial score (nSPS) is 14.9. The van der Waals surface area contributed by atoms with Crippen LogP contribution in [-0.2, 0) is 11.8 Å². The standard InChI is InChI=1S/C13H13N5O/c1-17-8-9(7-15-17)12-6-13(19)18(16-12)11-4-2-10(14)3-5-11/h2-5,7-8H,6,14H2,1H3. The number of amides is 1. The van der Waals surface area contributed by atoms with Gasteiger partial charge in [0.1, 0.15) is 0 Å². The molecular weight excluding hydrogens is 242 g/mol. The van der Waals surface area contributed by atoms with E-state index in [4.69, 9.17) is 5.73 Å². The summed E-state index contributed by atoms with van der Waals surface area (Å²) >= 11 is 0. The van der Waals surface area contributed by atoms with Gasteiger partial charge in [-0.05, 0) is 24.3 Å². The van der Waals surface area contributed by atoms with Gasteiger partial charge in [0.15, 0.2) is 0 Å². The van der Waals surface area contributed by atoms with Gasteiger partial charge in [-0.3, -0.25) is 9.48 Å². The van der Waals surface area contributed by atoms with Crippen molar-refractivity contribution < 1.29 is 4.79 Å². The van der Waals surface area contributed by atoms with E-state index in [1.54, 1.807) is 35.1 Å². The molecule has 1 aliphatic rings. The maximum Gasteiger partial charge on any atom is 0.253 e. The Morgan fingerprint density at radius 3 is 2.63 bits per heavy atom. The van der Waals surface area contributed by atoms with Crippen LogP contribution in [0.3, 0.4) is 0 Å². The highest BCUT2D eigenvalue weighted by Gasteiger charge is 2.26. The van der Waals surface area contributed by atoms with Crippen LogP contribution < -0.4 is 10.7 Å². The smallest absolute Gasteiger partial charge is 0.253 e. The first-order valence-corrected chi connectivity index (χ1v) is 5.88. The zero-order valence-corrected chi connectivity index (χ0v) is 10.4. The second-order valence-electron chi connectivity index (χ2n) is 4.42. The van der Waals surface area contributed by atoms with Crippen LogP contribution in [0.15, 0.2) is 41.8 Å². The first-order valence-electron chi connectivity index (χ1n) is 5.88. The lowest BCUT2D eigenvalue weighted by Gasteiger charge is -2.11. The van der Waals surface area contributed by atoms with Crippen molar-refractivity contribution in [2.45, 2.75) is 6.42 Å². The molecule has 1 aromatic carbocycles. The first kappa shape index (κ1) is 11.5. The number of anilines is 2. The molecule has 1 aromatic heterocycles. The Hall–Kier alpha value is -2.63. The van der Waals surface area contributed by atoms with Crippen molar-refractivity contribution >= 4 is 23.0 Å². The number of carbonyl (C=O) groups is 1. The predicted molar refractivity (Wildman–Crippen MR) is 72.7 cm³/mol.